The van der Waals surface area contributed by atoms with Crippen LogP contribution < -0.4 is 5.32 Å². The van der Waals surface area contributed by atoms with Gasteiger partial charge in [0, 0.05) is 12.7 Å². The average molecular weight is 257 g/mol. The third-order valence-electron chi connectivity index (χ3n) is 2.77. The molecule has 0 atom stereocenters. The van der Waals surface area contributed by atoms with Gasteiger partial charge in [-0.2, -0.15) is 0 Å². The summed E-state index contributed by atoms with van der Waals surface area (Å²) in [5.74, 6) is -0.303. The van der Waals surface area contributed by atoms with Crippen LogP contribution in [0.5, 0.6) is 0 Å². The summed E-state index contributed by atoms with van der Waals surface area (Å²) in [6.45, 7) is 5.60. The molecular formula is C16H19NO2. The first kappa shape index (κ1) is 13.4. The van der Waals surface area contributed by atoms with Crippen LogP contribution in [0.4, 0.5) is 5.69 Å². The molecule has 0 unspecified atom stereocenters. The van der Waals surface area contributed by atoms with Crippen molar-refractivity contribution in [2.45, 2.75) is 26.4 Å². The lowest BCUT2D eigenvalue weighted by atomic mass is 10.0. The van der Waals surface area contributed by atoms with E-state index in [0.29, 0.717) is 5.56 Å². The minimum absolute atomic E-state index is 0.303. The van der Waals surface area contributed by atoms with Crippen LogP contribution in [0.2, 0.25) is 0 Å². The van der Waals surface area contributed by atoms with Gasteiger partial charge in [0.25, 0.3) is 0 Å². The second-order valence-electron chi connectivity index (χ2n) is 5.50. The molecule has 0 radical (unpaired) electrons. The summed E-state index contributed by atoms with van der Waals surface area (Å²) in [5.41, 5.74) is 0.859. The molecule has 19 heavy (non-hydrogen) atoms. The van der Waals surface area contributed by atoms with Crippen molar-refractivity contribution in [2.75, 3.05) is 12.4 Å². The van der Waals surface area contributed by atoms with Gasteiger partial charge >= 0.3 is 5.97 Å². The minimum Gasteiger partial charge on any atom is -0.456 e. The number of carbonyl (C=O) groups excluding carboxylic acids is 1. The van der Waals surface area contributed by atoms with Gasteiger partial charge in [0.2, 0.25) is 0 Å². The Bertz CT molecular complexity index is 612. The molecule has 2 aromatic carbocycles. The van der Waals surface area contributed by atoms with Crippen molar-refractivity contribution in [1.82, 2.24) is 0 Å². The molecular weight excluding hydrogens is 238 g/mol. The summed E-state index contributed by atoms with van der Waals surface area (Å²) in [5, 5.41) is 5.18. The van der Waals surface area contributed by atoms with E-state index in [0.717, 1.165) is 16.5 Å². The minimum atomic E-state index is -0.492. The first-order valence-corrected chi connectivity index (χ1v) is 6.34. The van der Waals surface area contributed by atoms with E-state index < -0.39 is 5.60 Å². The molecule has 1 N–H and O–H groups in total. The van der Waals surface area contributed by atoms with E-state index in [1.54, 1.807) is 7.05 Å². The van der Waals surface area contributed by atoms with Crippen LogP contribution in [0, 0.1) is 0 Å². The monoisotopic (exact) mass is 257 g/mol. The lowest BCUT2D eigenvalue weighted by Gasteiger charge is -2.20. The average Bonchev–Trinajstić information content (AvgIpc) is 2.35. The molecule has 0 saturated heterocycles. The fourth-order valence-corrected chi connectivity index (χ4v) is 1.95. The number of hydrogen-bond acceptors (Lipinski definition) is 3. The highest BCUT2D eigenvalue weighted by Gasteiger charge is 2.20. The third kappa shape index (κ3) is 3.05. The van der Waals surface area contributed by atoms with Crippen molar-refractivity contribution in [3.05, 3.63) is 42.0 Å². The maximum absolute atomic E-state index is 12.2. The van der Waals surface area contributed by atoms with Crippen molar-refractivity contribution in [2.24, 2.45) is 0 Å². The molecule has 0 saturated carbocycles. The van der Waals surface area contributed by atoms with Gasteiger partial charge in [-0.3, -0.25) is 0 Å². The fourth-order valence-electron chi connectivity index (χ4n) is 1.95. The Balaban J connectivity index is 2.49. The summed E-state index contributed by atoms with van der Waals surface area (Å²) >= 11 is 0. The highest BCUT2D eigenvalue weighted by molar-refractivity contribution is 6.01. The van der Waals surface area contributed by atoms with E-state index in [1.165, 1.54) is 0 Å². The van der Waals surface area contributed by atoms with E-state index in [1.807, 2.05) is 57.2 Å². The van der Waals surface area contributed by atoms with E-state index in [-0.39, 0.29) is 5.97 Å². The van der Waals surface area contributed by atoms with Gasteiger partial charge < -0.3 is 10.1 Å². The van der Waals surface area contributed by atoms with Gasteiger partial charge in [0.1, 0.15) is 5.60 Å². The van der Waals surface area contributed by atoms with Crippen LogP contribution in [0.15, 0.2) is 36.4 Å². The first-order chi connectivity index (χ1) is 8.90. The first-order valence-electron chi connectivity index (χ1n) is 6.34. The SMILES string of the molecule is CNc1cc2ccccc2cc1C(=O)OC(C)(C)C. The van der Waals surface area contributed by atoms with E-state index >= 15 is 0 Å². The Hall–Kier alpha value is -2.03. The van der Waals surface area contributed by atoms with Crippen LogP contribution in [-0.4, -0.2) is 18.6 Å². The van der Waals surface area contributed by atoms with Gasteiger partial charge in [-0.05, 0) is 43.7 Å². The molecule has 0 spiro atoms. The molecule has 0 bridgehead atoms. The molecule has 0 aliphatic carbocycles. The molecule has 0 aromatic heterocycles. The molecule has 0 amide bonds. The zero-order valence-electron chi connectivity index (χ0n) is 11.8. The Kier molecular flexibility index (Phi) is 3.47. The van der Waals surface area contributed by atoms with Gasteiger partial charge in [-0.25, -0.2) is 4.79 Å². The Morgan fingerprint density at radius 1 is 1.11 bits per heavy atom. The smallest absolute Gasteiger partial charge is 0.340 e. The van der Waals surface area contributed by atoms with Crippen molar-refractivity contribution in [3.8, 4) is 0 Å². The molecule has 0 aliphatic rings. The summed E-state index contributed by atoms with van der Waals surface area (Å²) < 4.78 is 5.44. The quantitative estimate of drug-likeness (QED) is 0.831. The van der Waals surface area contributed by atoms with E-state index in [2.05, 4.69) is 5.32 Å². The number of hydrogen-bond donors (Lipinski definition) is 1. The van der Waals surface area contributed by atoms with Crippen molar-refractivity contribution < 1.29 is 9.53 Å². The summed E-state index contributed by atoms with van der Waals surface area (Å²) in [4.78, 5) is 12.2. The van der Waals surface area contributed by atoms with Crippen LogP contribution >= 0.6 is 0 Å². The molecule has 3 nitrogen and oxygen atoms in total. The molecule has 3 heteroatoms. The normalized spacial score (nSPS) is 11.4. The lowest BCUT2D eigenvalue weighted by Crippen LogP contribution is -2.24. The van der Waals surface area contributed by atoms with Gasteiger partial charge in [-0.15, -0.1) is 0 Å². The van der Waals surface area contributed by atoms with Gasteiger partial charge in [0.05, 0.1) is 5.56 Å². The summed E-state index contributed by atoms with van der Waals surface area (Å²) in [7, 11) is 1.80. The molecule has 0 aliphatic heterocycles. The molecule has 2 aromatic rings. The molecule has 0 fully saturated rings. The number of rotatable bonds is 2. The maximum Gasteiger partial charge on any atom is 0.340 e. The van der Waals surface area contributed by atoms with Crippen LogP contribution in [0.25, 0.3) is 10.8 Å². The number of ether oxygens (including phenoxy) is 1. The largest absolute Gasteiger partial charge is 0.456 e. The Morgan fingerprint density at radius 2 is 1.68 bits per heavy atom. The second-order valence-corrected chi connectivity index (χ2v) is 5.50. The number of benzene rings is 2. The third-order valence-corrected chi connectivity index (χ3v) is 2.77. The number of esters is 1. The van der Waals surface area contributed by atoms with Crippen molar-refractivity contribution in [1.29, 1.82) is 0 Å². The number of nitrogens with one attached hydrogen (secondary N) is 1. The fraction of sp³-hybridized carbons (Fsp3) is 0.312. The number of carbonyl (C=O) groups is 1. The highest BCUT2D eigenvalue weighted by atomic mass is 16.6. The molecule has 0 heterocycles. The van der Waals surface area contributed by atoms with Crippen LogP contribution in [0.1, 0.15) is 31.1 Å². The van der Waals surface area contributed by atoms with Gasteiger partial charge in [-0.1, -0.05) is 24.3 Å². The predicted molar refractivity (Wildman–Crippen MR) is 78.7 cm³/mol. The van der Waals surface area contributed by atoms with Crippen LogP contribution in [0.3, 0.4) is 0 Å². The molecule has 2 rings (SSSR count). The highest BCUT2D eigenvalue weighted by Crippen LogP contribution is 2.25. The number of fused-ring (bicyclic) bond motifs is 1. The Labute approximate surface area is 113 Å². The maximum atomic E-state index is 12.2. The lowest BCUT2D eigenvalue weighted by molar-refractivity contribution is 0.00709. The van der Waals surface area contributed by atoms with Gasteiger partial charge in [0.15, 0.2) is 0 Å². The van der Waals surface area contributed by atoms with E-state index in [9.17, 15) is 4.79 Å². The molecule has 100 valence electrons. The Morgan fingerprint density at radius 3 is 2.21 bits per heavy atom. The van der Waals surface area contributed by atoms with Crippen LogP contribution in [-0.2, 0) is 4.74 Å². The van der Waals surface area contributed by atoms with Crippen molar-refractivity contribution in [3.63, 3.8) is 0 Å². The zero-order chi connectivity index (χ0) is 14.0. The topological polar surface area (TPSA) is 38.3 Å². The number of anilines is 1. The van der Waals surface area contributed by atoms with E-state index in [4.69, 9.17) is 4.74 Å². The van der Waals surface area contributed by atoms with Crippen molar-refractivity contribution >= 4 is 22.4 Å². The summed E-state index contributed by atoms with van der Waals surface area (Å²) in [6.07, 6.45) is 0. The predicted octanol–water partition coefficient (Wildman–Crippen LogP) is 3.84. The standard InChI is InChI=1S/C16H19NO2/c1-16(2,3)19-15(18)13-9-11-7-5-6-8-12(11)10-14(13)17-4/h5-10,17H,1-4H3. The second kappa shape index (κ2) is 4.92. The summed E-state index contributed by atoms with van der Waals surface area (Å²) in [6, 6.07) is 11.8. The zero-order valence-corrected chi connectivity index (χ0v) is 11.8.